The van der Waals surface area contributed by atoms with Crippen molar-refractivity contribution in [3.8, 4) is 0 Å². The number of hydrogen-bond acceptors (Lipinski definition) is 3. The molecule has 2 aromatic carbocycles. The lowest BCUT2D eigenvalue weighted by Crippen LogP contribution is -2.54. The number of rotatable bonds is 5. The highest BCUT2D eigenvalue weighted by molar-refractivity contribution is 6.10. The van der Waals surface area contributed by atoms with Gasteiger partial charge >= 0.3 is 0 Å². The maximum absolute atomic E-state index is 13.1. The third-order valence-corrected chi connectivity index (χ3v) is 5.86. The van der Waals surface area contributed by atoms with Gasteiger partial charge in [-0.3, -0.25) is 14.5 Å². The molecule has 1 fully saturated rings. The molecule has 1 saturated heterocycles. The van der Waals surface area contributed by atoms with E-state index in [1.807, 2.05) is 55.1 Å². The molecular formula is C24H31N3O2. The molecule has 3 rings (SSSR count). The lowest BCUT2D eigenvalue weighted by Gasteiger charge is -2.38. The summed E-state index contributed by atoms with van der Waals surface area (Å²) in [5.41, 5.74) is 3.07. The summed E-state index contributed by atoms with van der Waals surface area (Å²) in [7, 11) is 0. The monoisotopic (exact) mass is 393 g/mol. The van der Waals surface area contributed by atoms with Crippen LogP contribution >= 0.6 is 0 Å². The van der Waals surface area contributed by atoms with Crippen LogP contribution < -0.4 is 5.32 Å². The Morgan fingerprint density at radius 2 is 1.59 bits per heavy atom. The molecule has 0 aliphatic carbocycles. The average Bonchev–Trinajstić information content (AvgIpc) is 2.72. The minimum Gasteiger partial charge on any atom is -0.339 e. The highest BCUT2D eigenvalue weighted by atomic mass is 16.2. The summed E-state index contributed by atoms with van der Waals surface area (Å²) in [6.07, 6.45) is 0. The van der Waals surface area contributed by atoms with Gasteiger partial charge in [0.25, 0.3) is 0 Å². The minimum atomic E-state index is -1.11. The Hall–Kier alpha value is -2.66. The van der Waals surface area contributed by atoms with Gasteiger partial charge in [0, 0.05) is 38.4 Å². The average molecular weight is 394 g/mol. The van der Waals surface area contributed by atoms with Gasteiger partial charge in [-0.2, -0.15) is 0 Å². The number of nitrogens with zero attached hydrogens (tertiary/aromatic N) is 2. The van der Waals surface area contributed by atoms with Crippen molar-refractivity contribution in [2.45, 2.75) is 34.2 Å². The minimum absolute atomic E-state index is 0.111. The van der Waals surface area contributed by atoms with Crippen LogP contribution in [0.1, 0.15) is 30.5 Å². The van der Waals surface area contributed by atoms with Crippen molar-refractivity contribution in [2.75, 3.05) is 31.5 Å². The quantitative estimate of drug-likeness (QED) is 0.790. The molecule has 1 aliphatic heterocycles. The fourth-order valence-electron chi connectivity index (χ4n) is 3.61. The van der Waals surface area contributed by atoms with Crippen LogP contribution in [0.2, 0.25) is 0 Å². The zero-order chi connectivity index (χ0) is 21.0. The second-order valence-corrected chi connectivity index (χ2v) is 8.38. The second-order valence-electron chi connectivity index (χ2n) is 8.38. The van der Waals surface area contributed by atoms with Crippen LogP contribution in [0.4, 0.5) is 5.69 Å². The van der Waals surface area contributed by atoms with E-state index in [9.17, 15) is 9.59 Å². The summed E-state index contributed by atoms with van der Waals surface area (Å²) in [6.45, 7) is 11.2. The largest absolute Gasteiger partial charge is 0.339 e. The molecule has 5 nitrogen and oxygen atoms in total. The topological polar surface area (TPSA) is 52.7 Å². The predicted molar refractivity (Wildman–Crippen MR) is 117 cm³/mol. The second kappa shape index (κ2) is 8.78. The SMILES string of the molecule is Cc1cccc(NC(=O)C(C)(C)C(=O)N2CCN(Cc3ccccc3)CC2)c1C. The van der Waals surface area contributed by atoms with Gasteiger partial charge in [-0.05, 0) is 50.5 Å². The number of anilines is 1. The van der Waals surface area contributed by atoms with Crippen LogP contribution in [0.5, 0.6) is 0 Å². The van der Waals surface area contributed by atoms with Gasteiger partial charge in [0.05, 0.1) is 0 Å². The molecule has 2 amide bonds. The van der Waals surface area contributed by atoms with E-state index in [1.54, 1.807) is 13.8 Å². The van der Waals surface area contributed by atoms with Crippen LogP contribution in [0, 0.1) is 19.3 Å². The molecule has 1 heterocycles. The maximum atomic E-state index is 13.1. The molecule has 2 aromatic rings. The molecule has 0 bridgehead atoms. The van der Waals surface area contributed by atoms with Gasteiger partial charge in [-0.1, -0.05) is 42.5 Å². The molecule has 0 unspecified atom stereocenters. The molecule has 5 heteroatoms. The molecule has 0 aromatic heterocycles. The van der Waals surface area contributed by atoms with E-state index in [1.165, 1.54) is 5.56 Å². The van der Waals surface area contributed by atoms with E-state index in [0.717, 1.165) is 36.4 Å². The first-order valence-corrected chi connectivity index (χ1v) is 10.2. The maximum Gasteiger partial charge on any atom is 0.239 e. The molecule has 154 valence electrons. The molecule has 29 heavy (non-hydrogen) atoms. The summed E-state index contributed by atoms with van der Waals surface area (Å²) in [6, 6.07) is 16.2. The highest BCUT2D eigenvalue weighted by Crippen LogP contribution is 2.25. The summed E-state index contributed by atoms with van der Waals surface area (Å²) < 4.78 is 0. The first-order valence-electron chi connectivity index (χ1n) is 10.2. The van der Waals surface area contributed by atoms with E-state index in [2.05, 4.69) is 22.3 Å². The predicted octanol–water partition coefficient (Wildman–Crippen LogP) is 3.61. The number of nitrogens with one attached hydrogen (secondary N) is 1. The molecule has 0 atom stereocenters. The Morgan fingerprint density at radius 3 is 2.24 bits per heavy atom. The Balaban J connectivity index is 1.59. The molecule has 0 saturated carbocycles. The Morgan fingerprint density at radius 1 is 0.931 bits per heavy atom. The molecular weight excluding hydrogens is 362 g/mol. The number of aryl methyl sites for hydroxylation is 1. The number of piperazine rings is 1. The van der Waals surface area contributed by atoms with Gasteiger partial charge in [-0.15, -0.1) is 0 Å². The number of carbonyl (C=O) groups is 2. The van der Waals surface area contributed by atoms with E-state index in [-0.39, 0.29) is 11.8 Å². The van der Waals surface area contributed by atoms with E-state index in [0.29, 0.717) is 13.1 Å². The fraction of sp³-hybridized carbons (Fsp3) is 0.417. The molecule has 1 aliphatic rings. The van der Waals surface area contributed by atoms with Crippen molar-refractivity contribution in [3.05, 3.63) is 65.2 Å². The molecule has 1 N–H and O–H groups in total. The molecule has 0 radical (unpaired) electrons. The number of carbonyl (C=O) groups excluding carboxylic acids is 2. The summed E-state index contributed by atoms with van der Waals surface area (Å²) in [5, 5.41) is 2.96. The van der Waals surface area contributed by atoms with Crippen molar-refractivity contribution in [3.63, 3.8) is 0 Å². The third-order valence-electron chi connectivity index (χ3n) is 5.86. The standard InChI is InChI=1S/C24H31N3O2/c1-18-9-8-12-21(19(18)2)25-22(28)24(3,4)23(29)27-15-13-26(14-16-27)17-20-10-6-5-7-11-20/h5-12H,13-17H2,1-4H3,(H,25,28). The van der Waals surface area contributed by atoms with Gasteiger partial charge in [0.1, 0.15) is 5.41 Å². The first kappa shape index (κ1) is 21.1. The van der Waals surface area contributed by atoms with Crippen molar-refractivity contribution >= 4 is 17.5 Å². The lowest BCUT2D eigenvalue weighted by atomic mass is 9.89. The Kier molecular flexibility index (Phi) is 6.38. The van der Waals surface area contributed by atoms with Crippen molar-refractivity contribution in [1.82, 2.24) is 9.80 Å². The lowest BCUT2D eigenvalue weighted by molar-refractivity contribution is -0.147. The normalized spacial score (nSPS) is 15.2. The highest BCUT2D eigenvalue weighted by Gasteiger charge is 2.40. The third kappa shape index (κ3) is 4.85. The number of benzene rings is 2. The van der Waals surface area contributed by atoms with Crippen LogP contribution in [-0.4, -0.2) is 47.8 Å². The zero-order valence-corrected chi connectivity index (χ0v) is 17.9. The van der Waals surface area contributed by atoms with Crippen molar-refractivity contribution in [1.29, 1.82) is 0 Å². The Labute approximate surface area is 173 Å². The Bertz CT molecular complexity index is 869. The van der Waals surface area contributed by atoms with Crippen LogP contribution in [0.25, 0.3) is 0 Å². The molecule has 0 spiro atoms. The van der Waals surface area contributed by atoms with Crippen LogP contribution in [0.15, 0.2) is 48.5 Å². The number of hydrogen-bond donors (Lipinski definition) is 1. The van der Waals surface area contributed by atoms with Gasteiger partial charge in [0.15, 0.2) is 0 Å². The summed E-state index contributed by atoms with van der Waals surface area (Å²) in [4.78, 5) is 30.2. The first-order chi connectivity index (χ1) is 13.8. The summed E-state index contributed by atoms with van der Waals surface area (Å²) >= 11 is 0. The van der Waals surface area contributed by atoms with E-state index >= 15 is 0 Å². The van der Waals surface area contributed by atoms with Gasteiger partial charge in [-0.25, -0.2) is 0 Å². The van der Waals surface area contributed by atoms with Gasteiger partial charge in [0.2, 0.25) is 11.8 Å². The zero-order valence-electron chi connectivity index (χ0n) is 17.9. The van der Waals surface area contributed by atoms with E-state index < -0.39 is 5.41 Å². The van der Waals surface area contributed by atoms with Gasteiger partial charge < -0.3 is 10.2 Å². The fourth-order valence-corrected chi connectivity index (χ4v) is 3.61. The number of amides is 2. The summed E-state index contributed by atoms with van der Waals surface area (Å²) in [5.74, 6) is -0.373. The van der Waals surface area contributed by atoms with Crippen LogP contribution in [-0.2, 0) is 16.1 Å². The van der Waals surface area contributed by atoms with Crippen molar-refractivity contribution in [2.24, 2.45) is 5.41 Å². The van der Waals surface area contributed by atoms with Crippen molar-refractivity contribution < 1.29 is 9.59 Å². The smallest absolute Gasteiger partial charge is 0.239 e. The van der Waals surface area contributed by atoms with Crippen LogP contribution in [0.3, 0.4) is 0 Å². The van der Waals surface area contributed by atoms with E-state index in [4.69, 9.17) is 0 Å².